The first kappa shape index (κ1) is 9.82. The van der Waals surface area contributed by atoms with E-state index in [1.165, 1.54) is 0 Å². The van der Waals surface area contributed by atoms with Crippen LogP contribution in [0.2, 0.25) is 0 Å². The Morgan fingerprint density at radius 1 is 1.47 bits per heavy atom. The lowest BCUT2D eigenvalue weighted by Crippen LogP contribution is -2.25. The Kier molecular flexibility index (Phi) is 2.49. The summed E-state index contributed by atoms with van der Waals surface area (Å²) < 4.78 is 0. The van der Waals surface area contributed by atoms with E-state index in [4.69, 9.17) is 5.73 Å². The predicted octanol–water partition coefficient (Wildman–Crippen LogP) is 0.601. The third-order valence-corrected chi connectivity index (χ3v) is 2.28. The number of anilines is 2. The van der Waals surface area contributed by atoms with Crippen molar-refractivity contribution in [1.29, 1.82) is 0 Å². The number of hydrogen-bond acceptors (Lipinski definition) is 6. The Morgan fingerprint density at radius 3 is 2.87 bits per heavy atom. The van der Waals surface area contributed by atoms with E-state index in [-0.39, 0.29) is 12.0 Å². The summed E-state index contributed by atoms with van der Waals surface area (Å²) in [5.41, 5.74) is 5.61. The van der Waals surface area contributed by atoms with Crippen LogP contribution in [-0.2, 0) is 6.42 Å². The second-order valence-corrected chi connectivity index (χ2v) is 3.49. The fraction of sp³-hybridized carbons (Fsp3) is 0.556. The summed E-state index contributed by atoms with van der Waals surface area (Å²) in [4.78, 5) is 12.4. The van der Waals surface area contributed by atoms with E-state index in [0.717, 1.165) is 12.8 Å². The van der Waals surface area contributed by atoms with Gasteiger partial charge in [-0.15, -0.1) is 0 Å². The van der Waals surface area contributed by atoms with Gasteiger partial charge in [-0.25, -0.2) is 5.01 Å². The predicted molar refractivity (Wildman–Crippen MR) is 58.7 cm³/mol. The summed E-state index contributed by atoms with van der Waals surface area (Å²) in [7, 11) is 0. The average Bonchev–Trinajstić information content (AvgIpc) is 2.63. The van der Waals surface area contributed by atoms with Crippen LogP contribution in [0.4, 0.5) is 11.9 Å². The minimum absolute atomic E-state index is 0.256. The molecule has 0 spiro atoms. The molecule has 6 heteroatoms. The molecule has 15 heavy (non-hydrogen) atoms. The third-order valence-electron chi connectivity index (χ3n) is 2.28. The summed E-state index contributed by atoms with van der Waals surface area (Å²) in [6.07, 6.45) is 3.51. The summed E-state index contributed by atoms with van der Waals surface area (Å²) >= 11 is 0. The van der Waals surface area contributed by atoms with E-state index >= 15 is 0 Å². The van der Waals surface area contributed by atoms with E-state index in [0.29, 0.717) is 11.8 Å². The Labute approximate surface area is 88.2 Å². The molecule has 2 heterocycles. The number of rotatable bonds is 2. The molecule has 1 aromatic rings. The highest BCUT2D eigenvalue weighted by Crippen LogP contribution is 2.18. The highest BCUT2D eigenvalue weighted by atomic mass is 15.5. The van der Waals surface area contributed by atoms with E-state index in [1.807, 2.05) is 13.1 Å². The molecule has 0 amide bonds. The Hall–Kier alpha value is -1.72. The van der Waals surface area contributed by atoms with Gasteiger partial charge in [0.05, 0.1) is 6.04 Å². The lowest BCUT2D eigenvalue weighted by Gasteiger charge is -2.17. The van der Waals surface area contributed by atoms with Crippen molar-refractivity contribution >= 4 is 18.1 Å². The topological polar surface area (TPSA) is 80.3 Å². The van der Waals surface area contributed by atoms with Gasteiger partial charge >= 0.3 is 0 Å². The van der Waals surface area contributed by atoms with Crippen LogP contribution in [0.15, 0.2) is 5.10 Å². The molecule has 0 saturated heterocycles. The summed E-state index contributed by atoms with van der Waals surface area (Å²) in [6.45, 7) is 4.05. The van der Waals surface area contributed by atoms with Crippen LogP contribution in [0.3, 0.4) is 0 Å². The second kappa shape index (κ2) is 3.80. The number of hydrazone groups is 1. The Balaban J connectivity index is 2.35. The van der Waals surface area contributed by atoms with E-state index in [1.54, 1.807) is 5.01 Å². The molecule has 80 valence electrons. The first-order chi connectivity index (χ1) is 7.20. The molecule has 0 bridgehead atoms. The molecule has 1 unspecified atom stereocenters. The Morgan fingerprint density at radius 2 is 2.27 bits per heavy atom. The fourth-order valence-electron chi connectivity index (χ4n) is 1.44. The highest BCUT2D eigenvalue weighted by molar-refractivity contribution is 5.64. The van der Waals surface area contributed by atoms with Gasteiger partial charge in [-0.3, -0.25) is 0 Å². The number of aryl methyl sites for hydroxylation is 1. The zero-order valence-corrected chi connectivity index (χ0v) is 8.88. The first-order valence-corrected chi connectivity index (χ1v) is 5.02. The van der Waals surface area contributed by atoms with Crippen LogP contribution in [0.5, 0.6) is 0 Å². The highest BCUT2D eigenvalue weighted by Gasteiger charge is 2.20. The van der Waals surface area contributed by atoms with Crippen molar-refractivity contribution in [1.82, 2.24) is 15.0 Å². The average molecular weight is 206 g/mol. The summed E-state index contributed by atoms with van der Waals surface area (Å²) in [5, 5.41) is 5.98. The molecule has 1 aromatic heterocycles. The largest absolute Gasteiger partial charge is 0.368 e. The van der Waals surface area contributed by atoms with Crippen LogP contribution in [-0.4, -0.2) is 27.2 Å². The molecule has 1 aliphatic rings. The molecule has 6 nitrogen and oxygen atoms in total. The van der Waals surface area contributed by atoms with Gasteiger partial charge in [0.2, 0.25) is 5.95 Å². The first-order valence-electron chi connectivity index (χ1n) is 5.02. The summed E-state index contributed by atoms with van der Waals surface area (Å²) in [5.74, 6) is 1.50. The van der Waals surface area contributed by atoms with Crippen molar-refractivity contribution < 1.29 is 0 Å². The van der Waals surface area contributed by atoms with Gasteiger partial charge in [0.15, 0.2) is 0 Å². The maximum atomic E-state index is 5.61. The van der Waals surface area contributed by atoms with Gasteiger partial charge in [0.25, 0.3) is 5.95 Å². The third kappa shape index (κ3) is 1.88. The van der Waals surface area contributed by atoms with E-state index in [9.17, 15) is 0 Å². The molecular weight excluding hydrogens is 192 g/mol. The molecule has 0 aromatic carbocycles. The molecule has 2 N–H and O–H groups in total. The van der Waals surface area contributed by atoms with Gasteiger partial charge in [0.1, 0.15) is 5.82 Å². The molecule has 2 rings (SSSR count). The standard InChI is InChI=1S/C9H14N6/c1-3-7-12-8(10)14-9(13-7)15-6(2)4-5-11-15/h5-6H,3-4H2,1-2H3,(H2,10,12,13,14). The monoisotopic (exact) mass is 206 g/mol. The normalized spacial score (nSPS) is 19.9. The molecule has 0 fully saturated rings. The second-order valence-electron chi connectivity index (χ2n) is 3.49. The van der Waals surface area contributed by atoms with Crippen molar-refractivity contribution in [2.45, 2.75) is 32.7 Å². The number of nitrogens with zero attached hydrogens (tertiary/aromatic N) is 5. The van der Waals surface area contributed by atoms with Crippen molar-refractivity contribution in [3.05, 3.63) is 5.82 Å². The minimum atomic E-state index is 0.256. The molecule has 1 atom stereocenters. The van der Waals surface area contributed by atoms with Crippen molar-refractivity contribution in [2.24, 2.45) is 5.10 Å². The summed E-state index contributed by atoms with van der Waals surface area (Å²) in [6, 6.07) is 0.288. The number of hydrogen-bond donors (Lipinski definition) is 1. The molecule has 0 saturated carbocycles. The van der Waals surface area contributed by atoms with Crippen LogP contribution >= 0.6 is 0 Å². The molecular formula is C9H14N6. The van der Waals surface area contributed by atoms with Crippen LogP contribution in [0.25, 0.3) is 0 Å². The van der Waals surface area contributed by atoms with Crippen molar-refractivity contribution in [3.8, 4) is 0 Å². The van der Waals surface area contributed by atoms with Crippen LogP contribution in [0.1, 0.15) is 26.1 Å². The molecule has 1 aliphatic heterocycles. The van der Waals surface area contributed by atoms with Gasteiger partial charge in [0, 0.05) is 19.1 Å². The lowest BCUT2D eigenvalue weighted by molar-refractivity contribution is 0.693. The van der Waals surface area contributed by atoms with E-state index < -0.39 is 0 Å². The van der Waals surface area contributed by atoms with Gasteiger partial charge in [-0.1, -0.05) is 6.92 Å². The number of aromatic nitrogens is 3. The van der Waals surface area contributed by atoms with E-state index in [2.05, 4.69) is 27.0 Å². The van der Waals surface area contributed by atoms with Crippen LogP contribution in [0, 0.1) is 0 Å². The van der Waals surface area contributed by atoms with Crippen LogP contribution < -0.4 is 10.7 Å². The van der Waals surface area contributed by atoms with Gasteiger partial charge in [-0.05, 0) is 6.92 Å². The Bertz CT molecular complexity index is 388. The lowest BCUT2D eigenvalue weighted by atomic mass is 10.3. The van der Waals surface area contributed by atoms with Gasteiger partial charge in [-0.2, -0.15) is 20.1 Å². The molecule has 0 aliphatic carbocycles. The zero-order valence-electron chi connectivity index (χ0n) is 8.88. The maximum absolute atomic E-state index is 5.61. The quantitative estimate of drug-likeness (QED) is 0.766. The molecule has 0 radical (unpaired) electrons. The van der Waals surface area contributed by atoms with Crippen molar-refractivity contribution in [2.75, 3.05) is 10.7 Å². The minimum Gasteiger partial charge on any atom is -0.368 e. The van der Waals surface area contributed by atoms with Crippen molar-refractivity contribution in [3.63, 3.8) is 0 Å². The number of nitrogens with two attached hydrogens (primary N) is 1. The SMILES string of the molecule is CCc1nc(N)nc(N2N=CCC2C)n1. The van der Waals surface area contributed by atoms with Gasteiger partial charge < -0.3 is 5.73 Å². The fourth-order valence-corrected chi connectivity index (χ4v) is 1.44. The smallest absolute Gasteiger partial charge is 0.251 e. The zero-order chi connectivity index (χ0) is 10.8. The maximum Gasteiger partial charge on any atom is 0.251 e. The number of nitrogen functional groups attached to an aromatic ring is 1.